The molecule has 6 atom stereocenters. The first-order valence-electron chi connectivity index (χ1n) is 11.2. The zero-order valence-electron chi connectivity index (χ0n) is 16.5. The van der Waals surface area contributed by atoms with Crippen molar-refractivity contribution in [1.82, 2.24) is 5.32 Å². The van der Waals surface area contributed by atoms with Crippen LogP contribution in [0.2, 0.25) is 0 Å². The lowest BCUT2D eigenvalue weighted by Crippen LogP contribution is -2.56. The van der Waals surface area contributed by atoms with Crippen LogP contribution in [-0.4, -0.2) is 25.3 Å². The van der Waals surface area contributed by atoms with Gasteiger partial charge in [0.2, 0.25) is 0 Å². The molecule has 1 N–H and O–H groups in total. The maximum Gasteiger partial charge on any atom is 0.0608 e. The van der Waals surface area contributed by atoms with Gasteiger partial charge >= 0.3 is 0 Å². The molecule has 2 heteroatoms. The minimum Gasteiger partial charge on any atom is -0.381 e. The maximum absolute atomic E-state index is 5.58. The molecule has 142 valence electrons. The molecule has 4 aliphatic rings. The van der Waals surface area contributed by atoms with E-state index in [2.05, 4.69) is 18.3 Å². The molecule has 4 unspecified atom stereocenters. The summed E-state index contributed by atoms with van der Waals surface area (Å²) in [6.45, 7) is 2.49. The predicted octanol–water partition coefficient (Wildman–Crippen LogP) is 5.47. The number of methoxy groups -OCH3 is 1. The highest BCUT2D eigenvalue weighted by molar-refractivity contribution is 5.18. The third-order valence-electron chi connectivity index (χ3n) is 8.07. The minimum atomic E-state index is 0.463. The summed E-state index contributed by atoms with van der Waals surface area (Å²) in [4.78, 5) is 0. The Morgan fingerprint density at radius 3 is 2.52 bits per heavy atom. The Morgan fingerprint density at radius 1 is 0.960 bits per heavy atom. The van der Waals surface area contributed by atoms with Crippen molar-refractivity contribution in [3.8, 4) is 0 Å². The Balaban J connectivity index is 1.50. The van der Waals surface area contributed by atoms with Crippen molar-refractivity contribution in [2.24, 2.45) is 23.7 Å². The van der Waals surface area contributed by atoms with Gasteiger partial charge in [0.25, 0.3) is 0 Å². The van der Waals surface area contributed by atoms with E-state index in [1.165, 1.54) is 70.6 Å². The number of hydrogen-bond acceptors (Lipinski definition) is 2. The number of fused-ring (bicyclic) bond motifs is 1. The quantitative estimate of drug-likeness (QED) is 0.684. The van der Waals surface area contributed by atoms with Gasteiger partial charge in [-0.15, -0.1) is 0 Å². The lowest BCUT2D eigenvalue weighted by Gasteiger charge is -2.51. The second-order valence-electron chi connectivity index (χ2n) is 9.62. The number of piperidine rings is 1. The monoisotopic (exact) mass is 345 g/mol. The van der Waals surface area contributed by atoms with E-state index in [0.717, 1.165) is 36.1 Å². The Morgan fingerprint density at radius 2 is 1.80 bits per heavy atom. The molecule has 0 amide bonds. The van der Waals surface area contributed by atoms with E-state index < -0.39 is 0 Å². The van der Waals surface area contributed by atoms with Crippen LogP contribution in [0.4, 0.5) is 0 Å². The molecule has 1 aliphatic heterocycles. The van der Waals surface area contributed by atoms with Gasteiger partial charge in [-0.1, -0.05) is 50.7 Å². The molecular formula is C23H39NO. The summed E-state index contributed by atoms with van der Waals surface area (Å²) in [5.41, 5.74) is 1.71. The highest BCUT2D eigenvalue weighted by atomic mass is 16.5. The lowest BCUT2D eigenvalue weighted by molar-refractivity contribution is 0.0420. The SMILES string of the molecule is CO[C@H]1CC=C(C2CC(C3CCCCC3)[C@@H]3CC(C)CCC3N2)CC1. The summed E-state index contributed by atoms with van der Waals surface area (Å²) in [5, 5.41) is 4.14. The molecule has 1 saturated heterocycles. The smallest absolute Gasteiger partial charge is 0.0608 e. The zero-order valence-corrected chi connectivity index (χ0v) is 16.5. The highest BCUT2D eigenvalue weighted by Crippen LogP contribution is 2.47. The number of nitrogens with one attached hydrogen (secondary N) is 1. The summed E-state index contributed by atoms with van der Waals surface area (Å²) in [7, 11) is 1.87. The van der Waals surface area contributed by atoms with E-state index in [1.807, 2.05) is 7.11 Å². The first kappa shape index (κ1) is 18.0. The molecule has 4 rings (SSSR count). The first-order chi connectivity index (χ1) is 12.2. The molecule has 0 radical (unpaired) electrons. The topological polar surface area (TPSA) is 21.3 Å². The minimum absolute atomic E-state index is 0.463. The van der Waals surface area contributed by atoms with Crippen LogP contribution in [-0.2, 0) is 4.74 Å². The largest absolute Gasteiger partial charge is 0.381 e. The number of rotatable bonds is 3. The van der Waals surface area contributed by atoms with Gasteiger partial charge in [0.1, 0.15) is 0 Å². The van der Waals surface area contributed by atoms with Crippen molar-refractivity contribution in [1.29, 1.82) is 0 Å². The van der Waals surface area contributed by atoms with Crippen molar-refractivity contribution in [3.63, 3.8) is 0 Å². The predicted molar refractivity (Wildman–Crippen MR) is 105 cm³/mol. The van der Waals surface area contributed by atoms with Crippen molar-refractivity contribution in [2.45, 2.75) is 102 Å². The van der Waals surface area contributed by atoms with Gasteiger partial charge in [0.15, 0.2) is 0 Å². The maximum atomic E-state index is 5.58. The van der Waals surface area contributed by atoms with Gasteiger partial charge in [-0.2, -0.15) is 0 Å². The standard InChI is InChI=1S/C23H39NO/c1-16-8-13-22-21(14-16)20(17-6-4-3-5-7-17)15-23(24-22)18-9-11-19(25-2)12-10-18/h9,16-17,19-24H,3-8,10-15H2,1-2H3/t16?,19-,20?,21-,22?,23?/m0/s1. The summed E-state index contributed by atoms with van der Waals surface area (Å²) < 4.78 is 5.58. The molecular weight excluding hydrogens is 306 g/mol. The number of hydrogen-bond donors (Lipinski definition) is 1. The summed E-state index contributed by atoms with van der Waals surface area (Å²) in [5.74, 6) is 3.91. The average Bonchev–Trinajstić information content (AvgIpc) is 2.68. The van der Waals surface area contributed by atoms with Crippen LogP contribution >= 0.6 is 0 Å². The molecule has 0 aromatic rings. The summed E-state index contributed by atoms with van der Waals surface area (Å²) >= 11 is 0. The second-order valence-corrected chi connectivity index (χ2v) is 9.62. The van der Waals surface area contributed by atoms with Crippen molar-refractivity contribution in [2.75, 3.05) is 7.11 Å². The molecule has 0 aromatic carbocycles. The zero-order chi connectivity index (χ0) is 17.2. The fourth-order valence-electron chi connectivity index (χ4n) is 6.60. The van der Waals surface area contributed by atoms with Gasteiger partial charge in [-0.25, -0.2) is 0 Å². The lowest BCUT2D eigenvalue weighted by atomic mass is 9.61. The molecule has 25 heavy (non-hydrogen) atoms. The molecule has 0 spiro atoms. The van der Waals surface area contributed by atoms with Crippen molar-refractivity contribution >= 4 is 0 Å². The van der Waals surface area contributed by atoms with Crippen LogP contribution in [0.3, 0.4) is 0 Å². The van der Waals surface area contributed by atoms with Crippen LogP contribution in [0.1, 0.15) is 84.0 Å². The van der Waals surface area contributed by atoms with E-state index in [9.17, 15) is 0 Å². The first-order valence-corrected chi connectivity index (χ1v) is 11.2. The Bertz CT molecular complexity index is 467. The van der Waals surface area contributed by atoms with Crippen molar-refractivity contribution < 1.29 is 4.74 Å². The van der Waals surface area contributed by atoms with E-state index in [0.29, 0.717) is 12.1 Å². The van der Waals surface area contributed by atoms with E-state index in [-0.39, 0.29) is 0 Å². The fourth-order valence-corrected chi connectivity index (χ4v) is 6.60. The summed E-state index contributed by atoms with van der Waals surface area (Å²) in [6, 6.07) is 1.46. The highest BCUT2D eigenvalue weighted by Gasteiger charge is 2.44. The molecule has 2 nitrogen and oxygen atoms in total. The Hall–Kier alpha value is -0.340. The van der Waals surface area contributed by atoms with E-state index in [4.69, 9.17) is 4.74 Å². The Kier molecular flexibility index (Phi) is 5.87. The average molecular weight is 346 g/mol. The van der Waals surface area contributed by atoms with Crippen LogP contribution in [0.5, 0.6) is 0 Å². The third kappa shape index (κ3) is 4.00. The molecule has 3 aliphatic carbocycles. The normalized spacial score (nSPS) is 43.4. The van der Waals surface area contributed by atoms with Crippen LogP contribution in [0.15, 0.2) is 11.6 Å². The molecule has 3 fully saturated rings. The third-order valence-corrected chi connectivity index (χ3v) is 8.07. The van der Waals surface area contributed by atoms with Gasteiger partial charge in [0, 0.05) is 19.2 Å². The van der Waals surface area contributed by atoms with Gasteiger partial charge in [-0.05, 0) is 68.6 Å². The van der Waals surface area contributed by atoms with Crippen molar-refractivity contribution in [3.05, 3.63) is 11.6 Å². The van der Waals surface area contributed by atoms with Crippen LogP contribution < -0.4 is 5.32 Å². The van der Waals surface area contributed by atoms with Crippen LogP contribution in [0, 0.1) is 23.7 Å². The fraction of sp³-hybridized carbons (Fsp3) is 0.913. The molecule has 1 heterocycles. The van der Waals surface area contributed by atoms with Gasteiger partial charge < -0.3 is 10.1 Å². The second kappa shape index (κ2) is 8.13. The van der Waals surface area contributed by atoms with Gasteiger partial charge in [0.05, 0.1) is 6.10 Å². The van der Waals surface area contributed by atoms with Crippen LogP contribution in [0.25, 0.3) is 0 Å². The summed E-state index contributed by atoms with van der Waals surface area (Å²) in [6.07, 6.45) is 19.8. The molecule has 0 aromatic heterocycles. The van der Waals surface area contributed by atoms with Gasteiger partial charge in [-0.3, -0.25) is 0 Å². The molecule has 2 saturated carbocycles. The molecule has 0 bridgehead atoms. The van der Waals surface area contributed by atoms with E-state index in [1.54, 1.807) is 5.57 Å². The Labute approximate surface area is 155 Å². The number of ether oxygens (including phenoxy) is 1. The van der Waals surface area contributed by atoms with E-state index >= 15 is 0 Å².